The monoisotopic (exact) mass is 337 g/mol. The highest BCUT2D eigenvalue weighted by Crippen LogP contribution is 2.53. The summed E-state index contributed by atoms with van der Waals surface area (Å²) in [5.74, 6) is 2.53. The van der Waals surface area contributed by atoms with Crippen LogP contribution in [0.25, 0.3) is 0 Å². The number of benzene rings is 1. The third-order valence-electron chi connectivity index (χ3n) is 4.75. The summed E-state index contributed by atoms with van der Waals surface area (Å²) in [4.78, 5) is 4.84. The molecule has 1 aliphatic carbocycles. The molecule has 0 N–H and O–H groups in total. The molecule has 2 aliphatic rings. The summed E-state index contributed by atoms with van der Waals surface area (Å²) in [7, 11) is 0. The van der Waals surface area contributed by atoms with E-state index in [1.54, 1.807) is 0 Å². The van der Waals surface area contributed by atoms with Crippen molar-refractivity contribution in [2.45, 2.75) is 50.8 Å². The molecule has 0 saturated carbocycles. The Bertz CT molecular complexity index is 887. The summed E-state index contributed by atoms with van der Waals surface area (Å²) >= 11 is 1.81. The smallest absolute Gasteiger partial charge is 0.218 e. The molecular weight excluding hydrogens is 314 g/mol. The number of fused-ring (bicyclic) bond motifs is 2. The Hall–Kier alpha value is -1.87. The summed E-state index contributed by atoms with van der Waals surface area (Å²) in [6, 6.07) is 8.84. The molecule has 1 aliphatic heterocycles. The zero-order chi connectivity index (χ0) is 17.0. The van der Waals surface area contributed by atoms with Crippen molar-refractivity contribution in [2.75, 3.05) is 4.90 Å². The van der Waals surface area contributed by atoms with Gasteiger partial charge in [-0.05, 0) is 74.9 Å². The van der Waals surface area contributed by atoms with E-state index >= 15 is 0 Å². The second kappa shape index (κ2) is 5.59. The molecule has 124 valence electrons. The lowest BCUT2D eigenvalue weighted by molar-refractivity contribution is 0.532. The van der Waals surface area contributed by atoms with Gasteiger partial charge in [-0.15, -0.1) is 0 Å². The van der Waals surface area contributed by atoms with Gasteiger partial charge in [-0.1, -0.05) is 30.8 Å². The van der Waals surface area contributed by atoms with Gasteiger partial charge in [0.25, 0.3) is 0 Å². The van der Waals surface area contributed by atoms with Gasteiger partial charge in [0.2, 0.25) is 5.88 Å². The van der Waals surface area contributed by atoms with E-state index in [2.05, 4.69) is 62.9 Å². The molecule has 0 bridgehead atoms. The Morgan fingerprint density at radius 1 is 1.08 bits per heavy atom. The van der Waals surface area contributed by atoms with Crippen molar-refractivity contribution in [3.05, 3.63) is 58.5 Å². The van der Waals surface area contributed by atoms with Crippen LogP contribution in [-0.2, 0) is 0 Å². The molecule has 0 spiro atoms. The molecule has 1 unspecified atom stereocenters. The molecule has 0 radical (unpaired) electrons. The van der Waals surface area contributed by atoms with Gasteiger partial charge < -0.3 is 4.42 Å². The van der Waals surface area contributed by atoms with Gasteiger partial charge in [0, 0.05) is 4.90 Å². The van der Waals surface area contributed by atoms with E-state index in [0.29, 0.717) is 5.92 Å². The molecule has 3 heteroatoms. The van der Waals surface area contributed by atoms with E-state index in [1.807, 2.05) is 18.7 Å². The molecule has 2 aromatic rings. The lowest BCUT2D eigenvalue weighted by Gasteiger charge is -2.35. The fourth-order valence-electron chi connectivity index (χ4n) is 3.89. The maximum atomic E-state index is 6.13. The minimum Gasteiger partial charge on any atom is -0.444 e. The normalized spacial score (nSPS) is 20.0. The fraction of sp³-hybridized carbons (Fsp3) is 0.333. The first-order valence-electron chi connectivity index (χ1n) is 8.51. The molecule has 0 fully saturated rings. The average Bonchev–Trinajstić information content (AvgIpc) is 2.85. The van der Waals surface area contributed by atoms with Crippen molar-refractivity contribution >= 4 is 23.3 Å². The fourth-order valence-corrected chi connectivity index (χ4v) is 5.08. The minimum absolute atomic E-state index is 0.600. The third kappa shape index (κ3) is 2.42. The first-order chi connectivity index (χ1) is 11.4. The molecule has 0 amide bonds. The van der Waals surface area contributed by atoms with E-state index in [0.717, 1.165) is 18.1 Å². The van der Waals surface area contributed by atoms with Crippen LogP contribution in [0.15, 0.2) is 61.4 Å². The van der Waals surface area contributed by atoms with Crippen molar-refractivity contribution in [1.82, 2.24) is 0 Å². The van der Waals surface area contributed by atoms with Gasteiger partial charge in [0.15, 0.2) is 0 Å². The molecule has 4 rings (SSSR count). The maximum absolute atomic E-state index is 6.13. The number of hydrogen-bond acceptors (Lipinski definition) is 3. The highest BCUT2D eigenvalue weighted by Gasteiger charge is 2.32. The largest absolute Gasteiger partial charge is 0.444 e. The van der Waals surface area contributed by atoms with Crippen LogP contribution >= 0.6 is 11.8 Å². The summed E-state index contributed by atoms with van der Waals surface area (Å²) < 4.78 is 6.13. The van der Waals surface area contributed by atoms with E-state index in [-0.39, 0.29) is 0 Å². The lowest BCUT2D eigenvalue weighted by atomic mass is 9.89. The summed E-state index contributed by atoms with van der Waals surface area (Å²) in [6.45, 7) is 10.9. The SMILES string of the molecule is CC1=CC(C)CC(C)=C1N1c2ccc(C)cc2Sc2cc(C)oc21. The molecule has 2 heterocycles. The number of aryl methyl sites for hydroxylation is 2. The van der Waals surface area contributed by atoms with Gasteiger partial charge >= 0.3 is 0 Å². The van der Waals surface area contributed by atoms with Crippen LogP contribution in [0.4, 0.5) is 11.6 Å². The van der Waals surface area contributed by atoms with E-state index < -0.39 is 0 Å². The van der Waals surface area contributed by atoms with Gasteiger partial charge in [-0.25, -0.2) is 0 Å². The Kier molecular flexibility index (Phi) is 3.65. The molecule has 2 nitrogen and oxygen atoms in total. The van der Waals surface area contributed by atoms with Gasteiger partial charge in [-0.3, -0.25) is 4.90 Å². The quantitative estimate of drug-likeness (QED) is 0.572. The van der Waals surface area contributed by atoms with E-state index in [4.69, 9.17) is 4.42 Å². The standard InChI is InChI=1S/C21H23NOS/c1-12-6-7-17-18(10-12)24-19-11-16(5)23-21(19)22(17)20-14(3)8-13(2)9-15(20)4/h6-8,10-11,13H,9H2,1-5H3. The van der Waals surface area contributed by atoms with Crippen LogP contribution in [0.3, 0.4) is 0 Å². The Morgan fingerprint density at radius 2 is 1.88 bits per heavy atom. The number of allylic oxidation sites excluding steroid dienone is 3. The number of hydrogen-bond donors (Lipinski definition) is 0. The number of anilines is 2. The highest BCUT2D eigenvalue weighted by molar-refractivity contribution is 7.99. The predicted octanol–water partition coefficient (Wildman–Crippen LogP) is 6.76. The number of rotatable bonds is 1. The number of furan rings is 1. The molecule has 1 aromatic heterocycles. The van der Waals surface area contributed by atoms with E-state index in [9.17, 15) is 0 Å². The Morgan fingerprint density at radius 3 is 2.62 bits per heavy atom. The number of nitrogens with zero attached hydrogens (tertiary/aromatic N) is 1. The van der Waals surface area contributed by atoms with Crippen molar-refractivity contribution < 1.29 is 4.42 Å². The van der Waals surface area contributed by atoms with Crippen molar-refractivity contribution in [3.63, 3.8) is 0 Å². The summed E-state index contributed by atoms with van der Waals surface area (Å²) in [6.07, 6.45) is 3.49. The summed E-state index contributed by atoms with van der Waals surface area (Å²) in [5.41, 5.74) is 6.59. The third-order valence-corrected chi connectivity index (χ3v) is 5.81. The second-order valence-corrected chi connectivity index (χ2v) is 8.18. The molecule has 24 heavy (non-hydrogen) atoms. The molecule has 1 aromatic carbocycles. The lowest BCUT2D eigenvalue weighted by Crippen LogP contribution is -2.24. The van der Waals surface area contributed by atoms with Crippen molar-refractivity contribution in [2.24, 2.45) is 5.92 Å². The maximum Gasteiger partial charge on any atom is 0.218 e. The average molecular weight is 337 g/mol. The van der Waals surface area contributed by atoms with E-state index in [1.165, 1.54) is 37.9 Å². The predicted molar refractivity (Wildman–Crippen MR) is 101 cm³/mol. The van der Waals surface area contributed by atoms with Crippen molar-refractivity contribution in [3.8, 4) is 0 Å². The molecular formula is C21H23NOS. The zero-order valence-electron chi connectivity index (χ0n) is 14.9. The summed E-state index contributed by atoms with van der Waals surface area (Å²) in [5, 5.41) is 0. The Labute approximate surface area is 148 Å². The molecule has 1 atom stereocenters. The first-order valence-corrected chi connectivity index (χ1v) is 9.33. The second-order valence-electron chi connectivity index (χ2n) is 7.10. The van der Waals surface area contributed by atoms with Gasteiger partial charge in [0.05, 0.1) is 16.3 Å². The Balaban J connectivity index is 1.95. The van der Waals surface area contributed by atoms with Gasteiger partial charge in [0.1, 0.15) is 5.76 Å². The van der Waals surface area contributed by atoms with Crippen LogP contribution in [0.1, 0.15) is 38.5 Å². The van der Waals surface area contributed by atoms with Crippen LogP contribution in [-0.4, -0.2) is 0 Å². The molecule has 0 saturated heterocycles. The highest BCUT2D eigenvalue weighted by atomic mass is 32.2. The zero-order valence-corrected chi connectivity index (χ0v) is 15.8. The first kappa shape index (κ1) is 15.6. The van der Waals surface area contributed by atoms with Crippen LogP contribution in [0, 0.1) is 19.8 Å². The van der Waals surface area contributed by atoms with Crippen LogP contribution in [0.2, 0.25) is 0 Å². The van der Waals surface area contributed by atoms with Crippen LogP contribution < -0.4 is 4.90 Å². The van der Waals surface area contributed by atoms with Gasteiger partial charge in [-0.2, -0.15) is 0 Å². The topological polar surface area (TPSA) is 16.4 Å². The van der Waals surface area contributed by atoms with Crippen LogP contribution in [0.5, 0.6) is 0 Å². The minimum atomic E-state index is 0.600. The van der Waals surface area contributed by atoms with Crippen molar-refractivity contribution in [1.29, 1.82) is 0 Å².